The van der Waals surface area contributed by atoms with Gasteiger partial charge in [0, 0.05) is 11.1 Å². The molecule has 0 aliphatic carbocycles. The van der Waals surface area contributed by atoms with Crippen LogP contribution in [0, 0.1) is 11.3 Å². The summed E-state index contributed by atoms with van der Waals surface area (Å²) >= 11 is 0. The molecule has 0 aromatic heterocycles. The number of nitriles is 1. The highest BCUT2D eigenvalue weighted by atomic mass is 16.5. The number of carbonyl (C=O) groups is 1. The van der Waals surface area contributed by atoms with E-state index in [2.05, 4.69) is 6.07 Å². The van der Waals surface area contributed by atoms with Gasteiger partial charge in [-0.25, -0.2) is 0 Å². The van der Waals surface area contributed by atoms with Crippen LogP contribution in [0.15, 0.2) is 72.3 Å². The first-order chi connectivity index (χ1) is 12.6. The van der Waals surface area contributed by atoms with Gasteiger partial charge >= 0.3 is 0 Å². The van der Waals surface area contributed by atoms with Gasteiger partial charge in [-0.1, -0.05) is 60.7 Å². The topological polar surface area (TPSA) is 50.1 Å². The lowest BCUT2D eigenvalue weighted by atomic mass is 9.98. The van der Waals surface area contributed by atoms with Crippen LogP contribution >= 0.6 is 0 Å². The van der Waals surface area contributed by atoms with E-state index in [0.29, 0.717) is 11.3 Å². The van der Waals surface area contributed by atoms with E-state index in [0.717, 1.165) is 16.3 Å². The predicted octanol–water partition coefficient (Wildman–Crippen LogP) is 5.42. The first-order valence-electron chi connectivity index (χ1n) is 8.50. The lowest BCUT2D eigenvalue weighted by Gasteiger charge is -2.15. The fourth-order valence-corrected chi connectivity index (χ4v) is 2.82. The Labute approximate surface area is 153 Å². The van der Waals surface area contributed by atoms with Gasteiger partial charge < -0.3 is 4.74 Å². The number of fused-ring (bicyclic) bond motifs is 1. The maximum atomic E-state index is 12.7. The highest BCUT2D eigenvalue weighted by molar-refractivity contribution is 6.15. The molecule has 0 aliphatic heterocycles. The molecule has 0 atom stereocenters. The molecule has 0 radical (unpaired) electrons. The fraction of sp³-hybridized carbons (Fsp3) is 0.130. The SMILES string of the molecule is CC(C)Oc1ccc2ccccc2c1C=C(C#N)C(=O)c1ccccc1. The molecule has 3 heteroatoms. The number of ether oxygens (including phenoxy) is 1. The molecule has 0 heterocycles. The first kappa shape index (κ1) is 17.4. The largest absolute Gasteiger partial charge is 0.490 e. The zero-order chi connectivity index (χ0) is 18.5. The van der Waals surface area contributed by atoms with E-state index < -0.39 is 0 Å². The Hall–Kier alpha value is -3.38. The van der Waals surface area contributed by atoms with Crippen LogP contribution in [-0.2, 0) is 0 Å². The van der Waals surface area contributed by atoms with Gasteiger partial charge in [0.15, 0.2) is 0 Å². The number of ketones is 1. The van der Waals surface area contributed by atoms with Gasteiger partial charge in [-0.15, -0.1) is 0 Å². The number of carbonyl (C=O) groups excluding carboxylic acids is 1. The van der Waals surface area contributed by atoms with Crippen molar-refractivity contribution in [1.29, 1.82) is 5.26 Å². The van der Waals surface area contributed by atoms with Crippen LogP contribution in [0.5, 0.6) is 5.75 Å². The number of Topliss-reactive ketones (excluding diaryl/α,β-unsaturated/α-hetero) is 1. The number of hydrogen-bond donors (Lipinski definition) is 0. The third kappa shape index (κ3) is 3.65. The van der Waals surface area contributed by atoms with Crippen molar-refractivity contribution in [2.75, 3.05) is 0 Å². The molecular weight excluding hydrogens is 322 g/mol. The summed E-state index contributed by atoms with van der Waals surface area (Å²) in [5.74, 6) is 0.365. The summed E-state index contributed by atoms with van der Waals surface area (Å²) in [7, 11) is 0. The molecule has 3 rings (SSSR count). The molecule has 0 spiro atoms. The Kier molecular flexibility index (Phi) is 5.15. The van der Waals surface area contributed by atoms with Crippen molar-refractivity contribution in [1.82, 2.24) is 0 Å². The van der Waals surface area contributed by atoms with E-state index in [9.17, 15) is 10.1 Å². The van der Waals surface area contributed by atoms with E-state index >= 15 is 0 Å². The van der Waals surface area contributed by atoms with Crippen LogP contribution in [0.1, 0.15) is 29.8 Å². The van der Waals surface area contributed by atoms with Gasteiger partial charge in [0.1, 0.15) is 17.4 Å². The Bertz CT molecular complexity index is 1010. The molecule has 0 N–H and O–H groups in total. The van der Waals surface area contributed by atoms with E-state index in [1.807, 2.05) is 56.3 Å². The number of benzene rings is 3. The van der Waals surface area contributed by atoms with Gasteiger partial charge in [-0.3, -0.25) is 4.79 Å². The van der Waals surface area contributed by atoms with Gasteiger partial charge in [-0.2, -0.15) is 5.26 Å². The third-order valence-corrected chi connectivity index (χ3v) is 3.98. The summed E-state index contributed by atoms with van der Waals surface area (Å²) in [6, 6.07) is 22.6. The van der Waals surface area contributed by atoms with E-state index in [1.165, 1.54) is 0 Å². The van der Waals surface area contributed by atoms with Gasteiger partial charge in [-0.05, 0) is 36.8 Å². The Morgan fingerprint density at radius 2 is 1.69 bits per heavy atom. The minimum absolute atomic E-state index is 0.0151. The zero-order valence-electron chi connectivity index (χ0n) is 14.8. The molecule has 3 nitrogen and oxygen atoms in total. The van der Waals surface area contributed by atoms with Crippen molar-refractivity contribution >= 4 is 22.6 Å². The standard InChI is InChI=1S/C23H19NO2/c1-16(2)26-22-13-12-17-8-6-7-11-20(17)21(22)14-19(15-24)23(25)18-9-4-3-5-10-18/h3-14,16H,1-2H3. The lowest BCUT2D eigenvalue weighted by molar-refractivity contribution is 0.104. The minimum Gasteiger partial charge on any atom is -0.490 e. The molecule has 0 aliphatic rings. The summed E-state index contributed by atoms with van der Waals surface area (Å²) < 4.78 is 5.92. The monoisotopic (exact) mass is 341 g/mol. The van der Waals surface area contributed by atoms with E-state index in [-0.39, 0.29) is 17.5 Å². The van der Waals surface area contributed by atoms with Gasteiger partial charge in [0.05, 0.1) is 6.10 Å². The maximum Gasteiger partial charge on any atom is 0.203 e. The normalized spacial score (nSPS) is 11.4. The second-order valence-corrected chi connectivity index (χ2v) is 6.23. The van der Waals surface area contributed by atoms with Crippen molar-refractivity contribution in [3.8, 4) is 11.8 Å². The van der Waals surface area contributed by atoms with E-state index in [4.69, 9.17) is 4.74 Å². The van der Waals surface area contributed by atoms with Crippen LogP contribution < -0.4 is 4.74 Å². The Balaban J connectivity index is 2.17. The van der Waals surface area contributed by atoms with Crippen LogP contribution in [0.25, 0.3) is 16.8 Å². The summed E-state index contributed by atoms with van der Waals surface area (Å²) in [5.41, 5.74) is 1.32. The fourth-order valence-electron chi connectivity index (χ4n) is 2.82. The smallest absolute Gasteiger partial charge is 0.203 e. The predicted molar refractivity (Wildman–Crippen MR) is 104 cm³/mol. The van der Waals surface area contributed by atoms with Gasteiger partial charge in [0.25, 0.3) is 0 Å². The maximum absolute atomic E-state index is 12.7. The molecule has 3 aromatic rings. The quantitative estimate of drug-likeness (QED) is 0.354. The average molecular weight is 341 g/mol. The molecule has 0 amide bonds. The summed E-state index contributed by atoms with van der Waals surface area (Å²) in [6.07, 6.45) is 1.62. The molecular formula is C23H19NO2. The summed E-state index contributed by atoms with van der Waals surface area (Å²) in [5, 5.41) is 11.6. The zero-order valence-corrected chi connectivity index (χ0v) is 14.8. The summed E-state index contributed by atoms with van der Waals surface area (Å²) in [4.78, 5) is 12.7. The second-order valence-electron chi connectivity index (χ2n) is 6.23. The number of nitrogens with zero attached hydrogens (tertiary/aromatic N) is 1. The molecule has 26 heavy (non-hydrogen) atoms. The molecule has 0 saturated carbocycles. The molecule has 128 valence electrons. The van der Waals surface area contributed by atoms with Crippen molar-refractivity contribution in [2.45, 2.75) is 20.0 Å². The van der Waals surface area contributed by atoms with Gasteiger partial charge in [0.2, 0.25) is 5.78 Å². The highest BCUT2D eigenvalue weighted by Gasteiger charge is 2.15. The number of allylic oxidation sites excluding steroid dienone is 1. The average Bonchev–Trinajstić information content (AvgIpc) is 2.67. The molecule has 0 saturated heterocycles. The second kappa shape index (κ2) is 7.67. The van der Waals surface area contributed by atoms with Crippen molar-refractivity contribution in [2.24, 2.45) is 0 Å². The van der Waals surface area contributed by atoms with Crippen LogP contribution in [0.3, 0.4) is 0 Å². The molecule has 0 fully saturated rings. The lowest BCUT2D eigenvalue weighted by Crippen LogP contribution is -2.07. The number of rotatable bonds is 5. The van der Waals surface area contributed by atoms with E-state index in [1.54, 1.807) is 30.3 Å². The molecule has 0 bridgehead atoms. The van der Waals surface area contributed by atoms with Crippen molar-refractivity contribution in [3.05, 3.63) is 83.4 Å². The number of hydrogen-bond acceptors (Lipinski definition) is 3. The Morgan fingerprint density at radius 3 is 2.38 bits per heavy atom. The van der Waals surface area contributed by atoms with Crippen molar-refractivity contribution in [3.63, 3.8) is 0 Å². The minimum atomic E-state index is -0.295. The Morgan fingerprint density at radius 1 is 1.00 bits per heavy atom. The molecule has 3 aromatic carbocycles. The highest BCUT2D eigenvalue weighted by Crippen LogP contribution is 2.31. The molecule has 0 unspecified atom stereocenters. The van der Waals surface area contributed by atoms with Crippen LogP contribution in [0.2, 0.25) is 0 Å². The first-order valence-corrected chi connectivity index (χ1v) is 8.50. The van der Waals surface area contributed by atoms with Crippen LogP contribution in [-0.4, -0.2) is 11.9 Å². The van der Waals surface area contributed by atoms with Crippen LogP contribution in [0.4, 0.5) is 0 Å². The summed E-state index contributed by atoms with van der Waals surface area (Å²) in [6.45, 7) is 3.89. The third-order valence-electron chi connectivity index (χ3n) is 3.98. The van der Waals surface area contributed by atoms with Crippen molar-refractivity contribution < 1.29 is 9.53 Å².